The van der Waals surface area contributed by atoms with Gasteiger partial charge in [0.25, 0.3) is 11.8 Å². The number of carbonyl (C=O) groups excluding carboxylic acids is 4. The van der Waals surface area contributed by atoms with E-state index in [1.54, 1.807) is 27.7 Å². The minimum absolute atomic E-state index is 0.167. The van der Waals surface area contributed by atoms with Crippen LogP contribution in [-0.4, -0.2) is 70.3 Å². The fraction of sp³-hybridized carbons (Fsp3) is 0.867. The Bertz CT molecular complexity index is 663. The van der Waals surface area contributed by atoms with Crippen molar-refractivity contribution < 1.29 is 51.1 Å². The van der Waals surface area contributed by atoms with Gasteiger partial charge in [0.05, 0.1) is 24.0 Å². The van der Waals surface area contributed by atoms with Crippen LogP contribution < -0.4 is 32.3 Å². The van der Waals surface area contributed by atoms with Crippen molar-refractivity contribution in [3.8, 4) is 0 Å². The lowest BCUT2D eigenvalue weighted by molar-refractivity contribution is -0.407. The van der Waals surface area contributed by atoms with Crippen LogP contribution in [0.1, 0.15) is 109 Å². The lowest BCUT2D eigenvalue weighted by atomic mass is 10.0. The largest absolute Gasteiger partial charge is 0.548 e. The van der Waals surface area contributed by atoms with Gasteiger partial charge in [-0.25, -0.2) is 0 Å². The molecule has 0 unspecified atom stereocenters. The molecule has 0 heterocycles. The Labute approximate surface area is 254 Å². The summed E-state index contributed by atoms with van der Waals surface area (Å²) in [6.45, 7) is 22.5. The van der Waals surface area contributed by atoms with E-state index in [1.165, 1.54) is 0 Å². The maximum atomic E-state index is 11.7. The van der Waals surface area contributed by atoms with Crippen LogP contribution in [0.25, 0.3) is 0 Å². The molecule has 0 saturated carbocycles. The van der Waals surface area contributed by atoms with Crippen LogP contribution in [0.2, 0.25) is 0 Å². The van der Waals surface area contributed by atoms with Crippen molar-refractivity contribution in [2.75, 3.05) is 0 Å². The number of aliphatic hydroxyl groups is 2. The molecule has 2 amide bonds. The molecule has 0 bridgehead atoms. The van der Waals surface area contributed by atoms with Gasteiger partial charge in [-0.15, -0.1) is 0 Å². The smallest absolute Gasteiger partial charge is 0.278 e. The van der Waals surface area contributed by atoms with E-state index in [4.69, 9.17) is 10.2 Å². The summed E-state index contributed by atoms with van der Waals surface area (Å²) in [5.74, 6) is -2.00. The zero-order valence-electron chi connectivity index (χ0n) is 28.4. The lowest BCUT2D eigenvalue weighted by Gasteiger charge is -2.22. The average Bonchev–Trinajstić information content (AvgIpc) is 2.76. The molecule has 0 aromatic rings. The number of aliphatic hydroxyl groups excluding tert-OH is 2. The SMILES string of the molecule is CC(C)C[C@H](NC(=O)[C@@H]([NH3+])CC(C)C)C(=O)[O-].CC(C)C[C@H](NC(=O)[C@@H]([NH3+])CC(C)C)C(=O)[O-].CC(C)O.CC(C)O. The number of hydrogen-bond donors (Lipinski definition) is 6. The van der Waals surface area contributed by atoms with Gasteiger partial charge in [0.2, 0.25) is 0 Å². The molecule has 12 heteroatoms. The van der Waals surface area contributed by atoms with Gasteiger partial charge in [0, 0.05) is 25.0 Å². The number of amides is 2. The second-order valence-electron chi connectivity index (χ2n) is 12.9. The standard InChI is InChI=1S/2C12H24N2O3.2C3H8O/c2*1-7(2)5-9(13)11(15)14-10(12(16)17)6-8(3)4;2*1-3(2)4/h2*7-10H,5-6,13H2,1-4H3,(H,14,15)(H,16,17);2*3-4H,1-2H3/t2*9-,10-;;/m00../s1. The molecule has 0 spiro atoms. The van der Waals surface area contributed by atoms with Gasteiger partial charge >= 0.3 is 0 Å². The molecule has 0 aliphatic carbocycles. The van der Waals surface area contributed by atoms with Crippen LogP contribution in [-0.2, 0) is 19.2 Å². The van der Waals surface area contributed by atoms with Crippen LogP contribution in [0.5, 0.6) is 0 Å². The molecule has 0 aliphatic rings. The number of hydrogen-bond acceptors (Lipinski definition) is 8. The second-order valence-corrected chi connectivity index (χ2v) is 12.9. The van der Waals surface area contributed by atoms with Gasteiger partial charge in [-0.1, -0.05) is 55.4 Å². The Kier molecular flexibility index (Phi) is 29.3. The third-order valence-corrected chi connectivity index (χ3v) is 4.87. The van der Waals surface area contributed by atoms with Crippen molar-refractivity contribution in [1.82, 2.24) is 10.6 Å². The molecule has 12 nitrogen and oxygen atoms in total. The summed E-state index contributed by atoms with van der Waals surface area (Å²) in [7, 11) is 0. The van der Waals surface area contributed by atoms with E-state index >= 15 is 0 Å². The molecule has 0 saturated heterocycles. The number of carbonyl (C=O) groups is 4. The van der Waals surface area contributed by atoms with Crippen molar-refractivity contribution in [3.05, 3.63) is 0 Å². The van der Waals surface area contributed by atoms with Crippen molar-refractivity contribution >= 4 is 23.8 Å². The molecule has 0 rings (SSSR count). The first-order valence-electron chi connectivity index (χ1n) is 15.0. The number of nitrogens with one attached hydrogen (secondary N) is 2. The highest BCUT2D eigenvalue weighted by Crippen LogP contribution is 2.07. The molecule has 42 heavy (non-hydrogen) atoms. The van der Waals surface area contributed by atoms with Crippen LogP contribution in [0.4, 0.5) is 0 Å². The normalized spacial score (nSPS) is 13.7. The number of carboxylic acid groups (broad SMARTS) is 2. The number of quaternary nitrogens is 2. The summed E-state index contributed by atoms with van der Waals surface area (Å²) in [6.07, 6.45) is 1.71. The van der Waals surface area contributed by atoms with Crippen molar-refractivity contribution in [1.29, 1.82) is 0 Å². The maximum absolute atomic E-state index is 11.7. The molecule has 0 aromatic carbocycles. The average molecular weight is 609 g/mol. The predicted octanol–water partition coefficient (Wildman–Crippen LogP) is -1.38. The lowest BCUT2D eigenvalue weighted by Crippen LogP contribution is -2.69. The van der Waals surface area contributed by atoms with E-state index in [0.717, 1.165) is 0 Å². The van der Waals surface area contributed by atoms with Gasteiger partial charge in [-0.05, 0) is 64.2 Å². The maximum Gasteiger partial charge on any atom is 0.278 e. The minimum atomic E-state index is -1.23. The molecule has 4 atom stereocenters. The number of carboxylic acids is 2. The fourth-order valence-corrected chi connectivity index (χ4v) is 3.30. The highest BCUT2D eigenvalue weighted by molar-refractivity contribution is 5.85. The Balaban J connectivity index is -0.000000273. The van der Waals surface area contributed by atoms with E-state index in [9.17, 15) is 29.4 Å². The van der Waals surface area contributed by atoms with Gasteiger partial charge in [0.15, 0.2) is 12.1 Å². The highest BCUT2D eigenvalue weighted by Gasteiger charge is 2.24. The van der Waals surface area contributed by atoms with Gasteiger partial charge < -0.3 is 52.1 Å². The molecular weight excluding hydrogens is 544 g/mol. The Hall–Kier alpha value is -2.28. The summed E-state index contributed by atoms with van der Waals surface area (Å²) in [6, 6.07) is -2.66. The van der Waals surface area contributed by atoms with E-state index < -0.39 is 36.1 Å². The monoisotopic (exact) mass is 608 g/mol. The predicted molar refractivity (Wildman–Crippen MR) is 160 cm³/mol. The summed E-state index contributed by atoms with van der Waals surface area (Å²) in [4.78, 5) is 45.2. The first kappa shape index (κ1) is 46.7. The Morgan fingerprint density at radius 3 is 0.857 bits per heavy atom. The third kappa shape index (κ3) is 35.7. The number of aliphatic carboxylic acids is 2. The summed E-state index contributed by atoms with van der Waals surface area (Å²) in [5, 5.41) is 42.8. The van der Waals surface area contributed by atoms with Crippen LogP contribution in [0.15, 0.2) is 0 Å². The summed E-state index contributed by atoms with van der Waals surface area (Å²) >= 11 is 0. The van der Waals surface area contributed by atoms with Crippen molar-refractivity contribution in [2.24, 2.45) is 23.7 Å². The van der Waals surface area contributed by atoms with Crippen LogP contribution in [0, 0.1) is 23.7 Å². The summed E-state index contributed by atoms with van der Waals surface area (Å²) < 4.78 is 0. The summed E-state index contributed by atoms with van der Waals surface area (Å²) in [5.41, 5.74) is 7.49. The van der Waals surface area contributed by atoms with E-state index in [-0.39, 0.29) is 35.9 Å². The molecule has 0 aliphatic heterocycles. The zero-order valence-corrected chi connectivity index (χ0v) is 28.4. The van der Waals surface area contributed by atoms with E-state index in [0.29, 0.717) is 37.5 Å². The van der Waals surface area contributed by atoms with E-state index in [2.05, 4.69) is 22.1 Å². The zero-order chi connectivity index (χ0) is 34.3. The first-order chi connectivity index (χ1) is 18.9. The highest BCUT2D eigenvalue weighted by atomic mass is 16.4. The van der Waals surface area contributed by atoms with E-state index in [1.807, 2.05) is 55.4 Å². The number of rotatable bonds is 14. The van der Waals surface area contributed by atoms with Crippen LogP contribution >= 0.6 is 0 Å². The minimum Gasteiger partial charge on any atom is -0.548 e. The van der Waals surface area contributed by atoms with Gasteiger partial charge in [-0.3, -0.25) is 9.59 Å². The Morgan fingerprint density at radius 2 is 0.714 bits per heavy atom. The molecule has 0 radical (unpaired) electrons. The van der Waals surface area contributed by atoms with Crippen LogP contribution in [0.3, 0.4) is 0 Å². The topological polar surface area (TPSA) is 234 Å². The van der Waals surface area contributed by atoms with Crippen molar-refractivity contribution in [3.63, 3.8) is 0 Å². The van der Waals surface area contributed by atoms with Gasteiger partial charge in [0.1, 0.15) is 0 Å². The fourth-order valence-electron chi connectivity index (χ4n) is 3.30. The third-order valence-electron chi connectivity index (χ3n) is 4.87. The molecule has 0 aromatic heterocycles. The molecule has 0 fully saturated rings. The van der Waals surface area contributed by atoms with Crippen molar-refractivity contribution in [2.45, 2.75) is 145 Å². The van der Waals surface area contributed by atoms with Gasteiger partial charge in [-0.2, -0.15) is 0 Å². The Morgan fingerprint density at radius 1 is 0.524 bits per heavy atom. The first-order valence-corrected chi connectivity index (χ1v) is 15.0. The second kappa shape index (κ2) is 26.4. The molecule has 252 valence electrons. The molecule has 10 N–H and O–H groups in total. The molecular formula is C30H64N4O8. The quantitative estimate of drug-likeness (QED) is 0.137.